The fourth-order valence-corrected chi connectivity index (χ4v) is 1.91. The van der Waals surface area contributed by atoms with E-state index in [9.17, 15) is 4.79 Å². The number of nitrogens with zero attached hydrogens (tertiary/aromatic N) is 4. The zero-order chi connectivity index (χ0) is 15.2. The quantitative estimate of drug-likeness (QED) is 0.735. The second-order valence-corrected chi connectivity index (χ2v) is 4.62. The summed E-state index contributed by atoms with van der Waals surface area (Å²) in [7, 11) is 0. The Kier molecular flexibility index (Phi) is 4.15. The monoisotopic (exact) mass is 294 g/mol. The maximum atomic E-state index is 11.9. The van der Waals surface area contributed by atoms with Crippen LogP contribution in [0.3, 0.4) is 0 Å². The van der Waals surface area contributed by atoms with Gasteiger partial charge in [-0.2, -0.15) is 5.10 Å². The van der Waals surface area contributed by atoms with E-state index in [1.807, 2.05) is 30.3 Å². The average Bonchev–Trinajstić information content (AvgIpc) is 3.03. The standard InChI is InChI=1S/C15H14N6O/c22-14(18-10-12-3-1-2-6-17-12)9-13-19-15(21-20-13)11-4-7-16-8-5-11/h1-8H,9-10H2,(H,18,22)(H,19,20,21). The van der Waals surface area contributed by atoms with Crippen LogP contribution >= 0.6 is 0 Å². The summed E-state index contributed by atoms with van der Waals surface area (Å²) in [6.45, 7) is 0.394. The molecule has 3 rings (SSSR count). The maximum Gasteiger partial charge on any atom is 0.227 e. The van der Waals surface area contributed by atoms with Crippen LogP contribution in [0.25, 0.3) is 11.4 Å². The number of hydrogen-bond donors (Lipinski definition) is 2. The molecule has 110 valence electrons. The van der Waals surface area contributed by atoms with E-state index >= 15 is 0 Å². The van der Waals surface area contributed by atoms with Crippen molar-refractivity contribution in [2.24, 2.45) is 0 Å². The lowest BCUT2D eigenvalue weighted by molar-refractivity contribution is -0.120. The van der Waals surface area contributed by atoms with Crippen molar-refractivity contribution in [3.63, 3.8) is 0 Å². The van der Waals surface area contributed by atoms with Crippen LogP contribution in [-0.4, -0.2) is 31.1 Å². The molecule has 0 aliphatic heterocycles. The number of carbonyl (C=O) groups is 1. The predicted octanol–water partition coefficient (Wildman–Crippen LogP) is 1.12. The summed E-state index contributed by atoms with van der Waals surface area (Å²) in [5.41, 5.74) is 1.66. The molecule has 0 bridgehead atoms. The lowest BCUT2D eigenvalue weighted by Gasteiger charge is -2.02. The summed E-state index contributed by atoms with van der Waals surface area (Å²) < 4.78 is 0. The molecule has 0 saturated heterocycles. The summed E-state index contributed by atoms with van der Waals surface area (Å²) >= 11 is 0. The Hall–Kier alpha value is -3.09. The first-order chi connectivity index (χ1) is 10.8. The molecule has 3 heterocycles. The van der Waals surface area contributed by atoms with Crippen LogP contribution in [0.5, 0.6) is 0 Å². The van der Waals surface area contributed by atoms with Crippen LogP contribution in [-0.2, 0) is 17.8 Å². The zero-order valence-electron chi connectivity index (χ0n) is 11.7. The first-order valence-corrected chi connectivity index (χ1v) is 6.79. The third kappa shape index (κ3) is 3.51. The molecule has 0 aromatic carbocycles. The van der Waals surface area contributed by atoms with Gasteiger partial charge in [0, 0.05) is 24.2 Å². The molecule has 0 fully saturated rings. The van der Waals surface area contributed by atoms with Crippen molar-refractivity contribution in [1.29, 1.82) is 0 Å². The van der Waals surface area contributed by atoms with Gasteiger partial charge < -0.3 is 5.32 Å². The molecule has 22 heavy (non-hydrogen) atoms. The summed E-state index contributed by atoms with van der Waals surface area (Å²) in [5, 5.41) is 9.67. The second-order valence-electron chi connectivity index (χ2n) is 4.62. The van der Waals surface area contributed by atoms with Crippen LogP contribution in [0, 0.1) is 0 Å². The van der Waals surface area contributed by atoms with Crippen LogP contribution in [0.2, 0.25) is 0 Å². The van der Waals surface area contributed by atoms with E-state index in [2.05, 4.69) is 30.5 Å². The summed E-state index contributed by atoms with van der Waals surface area (Å²) in [4.78, 5) is 24.3. The Balaban J connectivity index is 1.57. The Labute approximate surface area is 126 Å². The van der Waals surface area contributed by atoms with Gasteiger partial charge in [-0.25, -0.2) is 4.98 Å². The number of aromatic nitrogens is 5. The highest BCUT2D eigenvalue weighted by Gasteiger charge is 2.09. The van der Waals surface area contributed by atoms with Gasteiger partial charge in [-0.05, 0) is 24.3 Å². The van der Waals surface area contributed by atoms with Gasteiger partial charge in [0.15, 0.2) is 5.82 Å². The number of H-pyrrole nitrogens is 1. The van der Waals surface area contributed by atoms with Crippen molar-refractivity contribution in [3.05, 3.63) is 60.4 Å². The lowest BCUT2D eigenvalue weighted by Crippen LogP contribution is -2.25. The molecule has 0 spiro atoms. The minimum Gasteiger partial charge on any atom is -0.350 e. The molecule has 1 amide bonds. The van der Waals surface area contributed by atoms with E-state index in [1.165, 1.54) is 0 Å². The first kappa shape index (κ1) is 13.9. The van der Waals surface area contributed by atoms with Gasteiger partial charge in [0.05, 0.1) is 18.7 Å². The van der Waals surface area contributed by atoms with E-state index in [0.717, 1.165) is 11.3 Å². The van der Waals surface area contributed by atoms with Gasteiger partial charge in [0.2, 0.25) is 5.91 Å². The number of carbonyl (C=O) groups excluding carboxylic acids is 1. The number of nitrogens with one attached hydrogen (secondary N) is 2. The molecule has 0 atom stereocenters. The smallest absolute Gasteiger partial charge is 0.227 e. The third-order valence-corrected chi connectivity index (χ3v) is 2.99. The Morgan fingerprint density at radius 2 is 2.00 bits per heavy atom. The molecule has 7 heteroatoms. The van der Waals surface area contributed by atoms with Crippen molar-refractivity contribution >= 4 is 5.91 Å². The number of pyridine rings is 2. The molecule has 0 aliphatic carbocycles. The highest BCUT2D eigenvalue weighted by molar-refractivity contribution is 5.77. The van der Waals surface area contributed by atoms with Gasteiger partial charge in [-0.1, -0.05) is 6.07 Å². The molecule has 0 radical (unpaired) electrons. The topological polar surface area (TPSA) is 96.5 Å². The molecule has 0 aliphatic rings. The molecule has 0 saturated carbocycles. The van der Waals surface area contributed by atoms with E-state index < -0.39 is 0 Å². The van der Waals surface area contributed by atoms with E-state index in [1.54, 1.807) is 18.6 Å². The predicted molar refractivity (Wildman–Crippen MR) is 79.4 cm³/mol. The highest BCUT2D eigenvalue weighted by atomic mass is 16.1. The summed E-state index contributed by atoms with van der Waals surface area (Å²) in [6.07, 6.45) is 5.18. The largest absolute Gasteiger partial charge is 0.350 e. The Bertz CT molecular complexity index is 741. The Morgan fingerprint density at radius 1 is 1.14 bits per heavy atom. The third-order valence-electron chi connectivity index (χ3n) is 2.99. The van der Waals surface area contributed by atoms with Crippen molar-refractivity contribution in [2.45, 2.75) is 13.0 Å². The van der Waals surface area contributed by atoms with E-state index in [0.29, 0.717) is 18.2 Å². The highest BCUT2D eigenvalue weighted by Crippen LogP contribution is 2.12. The fraction of sp³-hybridized carbons (Fsp3) is 0.133. The summed E-state index contributed by atoms with van der Waals surface area (Å²) in [5.74, 6) is 0.934. The minimum atomic E-state index is -0.136. The molecule has 7 nitrogen and oxygen atoms in total. The second kappa shape index (κ2) is 6.57. The molecule has 0 unspecified atom stereocenters. The number of aromatic amines is 1. The maximum absolute atomic E-state index is 11.9. The molecular formula is C15H14N6O. The number of hydrogen-bond acceptors (Lipinski definition) is 5. The van der Waals surface area contributed by atoms with E-state index in [4.69, 9.17) is 0 Å². The Morgan fingerprint density at radius 3 is 2.77 bits per heavy atom. The normalized spacial score (nSPS) is 10.4. The van der Waals surface area contributed by atoms with Crippen LogP contribution in [0.4, 0.5) is 0 Å². The molecular weight excluding hydrogens is 280 g/mol. The fourth-order valence-electron chi connectivity index (χ4n) is 1.91. The van der Waals surface area contributed by atoms with Gasteiger partial charge in [-0.3, -0.25) is 19.9 Å². The van der Waals surface area contributed by atoms with Crippen LogP contribution in [0.1, 0.15) is 11.5 Å². The molecule has 3 aromatic heterocycles. The molecule has 2 N–H and O–H groups in total. The first-order valence-electron chi connectivity index (χ1n) is 6.79. The van der Waals surface area contributed by atoms with Crippen LogP contribution < -0.4 is 5.32 Å². The zero-order valence-corrected chi connectivity index (χ0v) is 11.7. The van der Waals surface area contributed by atoms with E-state index in [-0.39, 0.29) is 12.3 Å². The van der Waals surface area contributed by atoms with Crippen molar-refractivity contribution in [1.82, 2.24) is 30.5 Å². The van der Waals surface area contributed by atoms with Crippen molar-refractivity contribution in [2.75, 3.05) is 0 Å². The van der Waals surface area contributed by atoms with Crippen molar-refractivity contribution < 1.29 is 4.79 Å². The number of amides is 1. The van der Waals surface area contributed by atoms with Crippen molar-refractivity contribution in [3.8, 4) is 11.4 Å². The van der Waals surface area contributed by atoms with Gasteiger partial charge in [-0.15, -0.1) is 0 Å². The lowest BCUT2D eigenvalue weighted by atomic mass is 10.2. The SMILES string of the molecule is O=C(Cc1nc(-c2ccncc2)n[nH]1)NCc1ccccn1. The number of rotatable bonds is 5. The van der Waals surface area contributed by atoms with Crippen LogP contribution in [0.15, 0.2) is 48.9 Å². The van der Waals surface area contributed by atoms with Gasteiger partial charge in [0.1, 0.15) is 5.82 Å². The van der Waals surface area contributed by atoms with Gasteiger partial charge in [0.25, 0.3) is 0 Å². The minimum absolute atomic E-state index is 0.136. The van der Waals surface area contributed by atoms with Gasteiger partial charge >= 0.3 is 0 Å². The average molecular weight is 294 g/mol. The summed E-state index contributed by atoms with van der Waals surface area (Å²) in [6, 6.07) is 9.20. The molecule has 3 aromatic rings.